The number of benzene rings is 1. The van der Waals surface area contributed by atoms with Gasteiger partial charge in [-0.2, -0.15) is 20.7 Å². The molecular formula is C13H9N7O. The van der Waals surface area contributed by atoms with Crippen molar-refractivity contribution in [3.05, 3.63) is 42.2 Å². The van der Waals surface area contributed by atoms with Gasteiger partial charge in [-0.1, -0.05) is 0 Å². The molecule has 0 saturated heterocycles. The molecule has 0 aliphatic rings. The van der Waals surface area contributed by atoms with E-state index in [0.29, 0.717) is 5.69 Å². The topological polar surface area (TPSA) is 133 Å². The average molecular weight is 279 g/mol. The van der Waals surface area contributed by atoms with E-state index in [2.05, 4.69) is 15.6 Å². The van der Waals surface area contributed by atoms with Gasteiger partial charge < -0.3 is 5.73 Å². The summed E-state index contributed by atoms with van der Waals surface area (Å²) in [4.78, 5) is 11.0. The number of nitrogens with zero attached hydrogens (tertiary/aromatic N) is 5. The summed E-state index contributed by atoms with van der Waals surface area (Å²) in [5, 5.41) is 24.7. The molecule has 1 amide bonds. The zero-order valence-corrected chi connectivity index (χ0v) is 10.7. The Morgan fingerprint density at radius 3 is 2.43 bits per heavy atom. The van der Waals surface area contributed by atoms with Gasteiger partial charge in [0.25, 0.3) is 5.91 Å². The molecule has 0 fully saturated rings. The summed E-state index contributed by atoms with van der Waals surface area (Å²) in [5.74, 6) is -0.595. The van der Waals surface area contributed by atoms with Gasteiger partial charge in [0.2, 0.25) is 5.71 Å². The highest BCUT2D eigenvalue weighted by atomic mass is 16.1. The number of rotatable bonds is 4. The Morgan fingerprint density at radius 2 is 1.90 bits per heavy atom. The molecule has 0 spiro atoms. The summed E-state index contributed by atoms with van der Waals surface area (Å²) in [6.07, 6.45) is 1.62. The van der Waals surface area contributed by atoms with Crippen molar-refractivity contribution in [3.63, 3.8) is 0 Å². The van der Waals surface area contributed by atoms with Crippen molar-refractivity contribution in [2.75, 3.05) is 5.43 Å². The second-order valence-electron chi connectivity index (χ2n) is 3.85. The van der Waals surface area contributed by atoms with Gasteiger partial charge in [-0.15, -0.1) is 0 Å². The van der Waals surface area contributed by atoms with Crippen molar-refractivity contribution in [1.82, 2.24) is 9.78 Å². The van der Waals surface area contributed by atoms with Crippen LogP contribution in [0.3, 0.4) is 0 Å². The lowest BCUT2D eigenvalue weighted by molar-refractivity contribution is 0.0995. The highest BCUT2D eigenvalue weighted by Crippen LogP contribution is 2.13. The molecule has 0 aliphatic carbocycles. The van der Waals surface area contributed by atoms with Crippen molar-refractivity contribution >= 4 is 17.3 Å². The van der Waals surface area contributed by atoms with Gasteiger partial charge in [0.05, 0.1) is 11.4 Å². The van der Waals surface area contributed by atoms with Crippen molar-refractivity contribution in [2.24, 2.45) is 10.8 Å². The fourth-order valence-electron chi connectivity index (χ4n) is 1.48. The van der Waals surface area contributed by atoms with Gasteiger partial charge in [-0.05, 0) is 30.3 Å². The molecular weight excluding hydrogens is 270 g/mol. The van der Waals surface area contributed by atoms with Crippen molar-refractivity contribution < 1.29 is 4.79 Å². The van der Waals surface area contributed by atoms with E-state index in [9.17, 15) is 4.79 Å². The number of nitriles is 2. The Bertz CT molecular complexity index is 758. The van der Waals surface area contributed by atoms with E-state index in [0.717, 1.165) is 5.69 Å². The largest absolute Gasteiger partial charge is 0.364 e. The maximum atomic E-state index is 11.0. The van der Waals surface area contributed by atoms with Gasteiger partial charge in [-0.25, -0.2) is 4.68 Å². The number of hydrazone groups is 1. The van der Waals surface area contributed by atoms with E-state index >= 15 is 0 Å². The third-order valence-electron chi connectivity index (χ3n) is 2.48. The lowest BCUT2D eigenvalue weighted by Crippen LogP contribution is -2.12. The molecule has 3 N–H and O–H groups in total. The smallest absolute Gasteiger partial charge is 0.269 e. The molecule has 1 aromatic carbocycles. The predicted molar refractivity (Wildman–Crippen MR) is 74.4 cm³/mol. The van der Waals surface area contributed by atoms with E-state index in [1.165, 1.54) is 10.7 Å². The van der Waals surface area contributed by atoms with Gasteiger partial charge in [0.15, 0.2) is 0 Å². The highest BCUT2D eigenvalue weighted by Gasteiger charge is 2.05. The second-order valence-corrected chi connectivity index (χ2v) is 3.85. The molecule has 0 radical (unpaired) electrons. The molecule has 21 heavy (non-hydrogen) atoms. The summed E-state index contributed by atoms with van der Waals surface area (Å²) in [7, 11) is 0. The second kappa shape index (κ2) is 5.99. The van der Waals surface area contributed by atoms with Crippen LogP contribution in [0, 0.1) is 22.7 Å². The Labute approximate surface area is 119 Å². The molecule has 8 nitrogen and oxygen atoms in total. The first-order chi connectivity index (χ1) is 10.1. The van der Waals surface area contributed by atoms with Crippen molar-refractivity contribution in [2.45, 2.75) is 0 Å². The predicted octanol–water partition coefficient (Wildman–Crippen LogP) is 0.786. The van der Waals surface area contributed by atoms with Crippen LogP contribution in [0.1, 0.15) is 10.5 Å². The third kappa shape index (κ3) is 3.22. The van der Waals surface area contributed by atoms with Gasteiger partial charge in [0, 0.05) is 6.20 Å². The van der Waals surface area contributed by atoms with E-state index < -0.39 is 5.91 Å². The number of carbonyl (C=O) groups excluding carboxylic acids is 1. The number of primary amides is 1. The zero-order valence-electron chi connectivity index (χ0n) is 10.7. The van der Waals surface area contributed by atoms with Crippen LogP contribution in [0.25, 0.3) is 5.69 Å². The number of amides is 1. The lowest BCUT2D eigenvalue weighted by atomic mass is 10.3. The highest BCUT2D eigenvalue weighted by molar-refractivity contribution is 6.10. The number of carbonyl (C=O) groups is 1. The minimum atomic E-state index is -0.595. The minimum absolute atomic E-state index is 0.175. The van der Waals surface area contributed by atoms with Gasteiger partial charge >= 0.3 is 0 Å². The molecule has 0 saturated carbocycles. The number of hydrogen-bond acceptors (Lipinski definition) is 6. The molecule has 0 bridgehead atoms. The molecule has 8 heteroatoms. The first-order valence-electron chi connectivity index (χ1n) is 5.74. The quantitative estimate of drug-likeness (QED) is 0.630. The molecule has 0 atom stereocenters. The van der Waals surface area contributed by atoms with Crippen molar-refractivity contribution in [3.8, 4) is 17.8 Å². The van der Waals surface area contributed by atoms with E-state index in [1.54, 1.807) is 42.6 Å². The lowest BCUT2D eigenvalue weighted by Gasteiger charge is -2.03. The fraction of sp³-hybridized carbons (Fsp3) is 0. The Balaban J connectivity index is 2.15. The van der Waals surface area contributed by atoms with E-state index in [1.807, 2.05) is 0 Å². The van der Waals surface area contributed by atoms with Crippen molar-refractivity contribution in [1.29, 1.82) is 10.5 Å². The SMILES string of the molecule is N#CC(C#N)=NNc1ccc(-n2ccc(C(N)=O)n2)cc1. The molecule has 2 rings (SSSR count). The maximum Gasteiger partial charge on any atom is 0.269 e. The Kier molecular flexibility index (Phi) is 3.93. The minimum Gasteiger partial charge on any atom is -0.364 e. The normalized spacial score (nSPS) is 9.24. The first kappa shape index (κ1) is 13.8. The molecule has 1 heterocycles. The van der Waals surface area contributed by atoms with Crippen LogP contribution in [0.2, 0.25) is 0 Å². The fourth-order valence-corrected chi connectivity index (χ4v) is 1.48. The van der Waals surface area contributed by atoms with Crippen LogP contribution in [-0.4, -0.2) is 21.4 Å². The van der Waals surface area contributed by atoms with E-state index in [4.69, 9.17) is 16.3 Å². The molecule has 102 valence electrons. The average Bonchev–Trinajstić information content (AvgIpc) is 2.99. The van der Waals surface area contributed by atoms with Crippen LogP contribution in [0.4, 0.5) is 5.69 Å². The monoisotopic (exact) mass is 279 g/mol. The summed E-state index contributed by atoms with van der Waals surface area (Å²) < 4.78 is 1.50. The number of anilines is 1. The van der Waals surface area contributed by atoms with Gasteiger partial charge in [-0.3, -0.25) is 10.2 Å². The van der Waals surface area contributed by atoms with Crippen LogP contribution >= 0.6 is 0 Å². The van der Waals surface area contributed by atoms with Crippen LogP contribution < -0.4 is 11.2 Å². The first-order valence-corrected chi connectivity index (χ1v) is 5.74. The summed E-state index contributed by atoms with van der Waals surface area (Å²) >= 11 is 0. The summed E-state index contributed by atoms with van der Waals surface area (Å²) in [6, 6.07) is 11.6. The van der Waals surface area contributed by atoms with Crippen LogP contribution in [-0.2, 0) is 0 Å². The zero-order chi connectivity index (χ0) is 15.2. The number of hydrogen-bond donors (Lipinski definition) is 2. The van der Waals surface area contributed by atoms with E-state index in [-0.39, 0.29) is 11.4 Å². The number of aromatic nitrogens is 2. The third-order valence-corrected chi connectivity index (χ3v) is 2.48. The Hall–Kier alpha value is -3.65. The summed E-state index contributed by atoms with van der Waals surface area (Å²) in [5.41, 5.74) is 8.95. The maximum absolute atomic E-state index is 11.0. The molecule has 2 aromatic rings. The molecule has 0 unspecified atom stereocenters. The van der Waals surface area contributed by atoms with Crippen LogP contribution in [0.5, 0.6) is 0 Å². The molecule has 0 aliphatic heterocycles. The summed E-state index contributed by atoms with van der Waals surface area (Å²) in [6.45, 7) is 0. The molecule has 1 aromatic heterocycles. The van der Waals surface area contributed by atoms with Gasteiger partial charge in [0.1, 0.15) is 17.8 Å². The number of nitrogens with two attached hydrogens (primary N) is 1. The Morgan fingerprint density at radius 1 is 1.24 bits per heavy atom. The van der Waals surface area contributed by atoms with Crippen LogP contribution in [0.15, 0.2) is 41.6 Å². The standard InChI is InChI=1S/C13H9N7O/c14-7-10(8-15)18-17-9-1-3-11(4-2-9)20-6-5-12(19-20)13(16)21/h1-6,17H,(H2,16,21). The number of nitrogens with one attached hydrogen (secondary N) is 1.